The summed E-state index contributed by atoms with van der Waals surface area (Å²) in [5.74, 6) is -0.512. The van der Waals surface area contributed by atoms with Crippen LogP contribution in [0.1, 0.15) is 48.1 Å². The average molecular weight is 378 g/mol. The predicted molar refractivity (Wildman–Crippen MR) is 95.3 cm³/mol. The van der Waals surface area contributed by atoms with Crippen LogP contribution in [0.3, 0.4) is 0 Å². The first kappa shape index (κ1) is 19.2. The van der Waals surface area contributed by atoms with Crippen molar-refractivity contribution in [3.05, 3.63) is 69.1 Å². The molecule has 0 saturated heterocycles. The van der Waals surface area contributed by atoms with E-state index < -0.39 is 29.8 Å². The molecular formula is C20H21F3N2O2. The Morgan fingerprint density at radius 2 is 1.85 bits per heavy atom. The standard InChI is InChI=1S/C20H21F3N2O2/c1-13(15-7-6-14-4-2-3-5-16(14)10-15)24-18(26)12-25-11-17(20(21,22)23)8-9-19(25)27/h6-11,13H,2-5,12H2,1H3,(H,24,26). The smallest absolute Gasteiger partial charge is 0.348 e. The van der Waals surface area contributed by atoms with E-state index in [0.29, 0.717) is 12.3 Å². The fourth-order valence-corrected chi connectivity index (χ4v) is 3.37. The third-order valence-corrected chi connectivity index (χ3v) is 4.87. The summed E-state index contributed by atoms with van der Waals surface area (Å²) in [4.78, 5) is 24.0. The molecular weight excluding hydrogens is 357 g/mol. The molecule has 3 rings (SSSR count). The maximum atomic E-state index is 12.8. The zero-order valence-corrected chi connectivity index (χ0v) is 15.0. The van der Waals surface area contributed by atoms with Crippen LogP contribution in [0.4, 0.5) is 13.2 Å². The van der Waals surface area contributed by atoms with Crippen LogP contribution in [0, 0.1) is 0 Å². The van der Waals surface area contributed by atoms with Gasteiger partial charge < -0.3 is 9.88 Å². The lowest BCUT2D eigenvalue weighted by atomic mass is 9.89. The summed E-state index contributed by atoms with van der Waals surface area (Å²) in [7, 11) is 0. The number of hydrogen-bond acceptors (Lipinski definition) is 2. The number of aryl methyl sites for hydroxylation is 2. The zero-order valence-electron chi connectivity index (χ0n) is 15.0. The molecule has 0 bridgehead atoms. The van der Waals surface area contributed by atoms with Gasteiger partial charge in [-0.05, 0) is 55.4 Å². The van der Waals surface area contributed by atoms with Crippen molar-refractivity contribution >= 4 is 5.91 Å². The van der Waals surface area contributed by atoms with Gasteiger partial charge in [-0.25, -0.2) is 0 Å². The monoisotopic (exact) mass is 378 g/mol. The van der Waals surface area contributed by atoms with E-state index in [1.165, 1.54) is 17.5 Å². The van der Waals surface area contributed by atoms with Crippen molar-refractivity contribution in [2.24, 2.45) is 0 Å². The molecule has 1 aromatic carbocycles. The number of carbonyl (C=O) groups is 1. The molecule has 1 aliphatic carbocycles. The molecule has 1 unspecified atom stereocenters. The Morgan fingerprint density at radius 1 is 1.15 bits per heavy atom. The highest BCUT2D eigenvalue weighted by atomic mass is 19.4. The highest BCUT2D eigenvalue weighted by molar-refractivity contribution is 5.76. The van der Waals surface area contributed by atoms with Gasteiger partial charge in [0, 0.05) is 12.3 Å². The fraction of sp³-hybridized carbons (Fsp3) is 0.400. The molecule has 144 valence electrons. The second-order valence-electron chi connectivity index (χ2n) is 6.91. The second kappa shape index (κ2) is 7.58. The van der Waals surface area contributed by atoms with Gasteiger partial charge in [0.05, 0.1) is 11.6 Å². The Morgan fingerprint density at radius 3 is 2.56 bits per heavy atom. The van der Waals surface area contributed by atoms with Crippen LogP contribution in [0.5, 0.6) is 0 Å². The Balaban J connectivity index is 1.70. The van der Waals surface area contributed by atoms with Crippen molar-refractivity contribution in [2.45, 2.75) is 51.4 Å². The number of amides is 1. The summed E-state index contributed by atoms with van der Waals surface area (Å²) in [6, 6.07) is 7.35. The SMILES string of the molecule is CC(NC(=O)Cn1cc(C(F)(F)F)ccc1=O)c1ccc2c(c1)CCCC2. The summed E-state index contributed by atoms with van der Waals surface area (Å²) < 4.78 is 39.1. The number of fused-ring (bicyclic) bond motifs is 1. The second-order valence-corrected chi connectivity index (χ2v) is 6.91. The van der Waals surface area contributed by atoms with Gasteiger partial charge in [-0.15, -0.1) is 0 Å². The Kier molecular flexibility index (Phi) is 5.39. The third-order valence-electron chi connectivity index (χ3n) is 4.87. The highest BCUT2D eigenvalue weighted by Gasteiger charge is 2.31. The molecule has 0 saturated carbocycles. The normalized spacial score (nSPS) is 15.1. The molecule has 1 amide bonds. The topological polar surface area (TPSA) is 51.1 Å². The van der Waals surface area contributed by atoms with Gasteiger partial charge in [0.2, 0.25) is 5.91 Å². The molecule has 0 radical (unpaired) electrons. The Hall–Kier alpha value is -2.57. The molecule has 27 heavy (non-hydrogen) atoms. The van der Waals surface area contributed by atoms with E-state index in [1.807, 2.05) is 13.0 Å². The van der Waals surface area contributed by atoms with E-state index >= 15 is 0 Å². The number of aromatic nitrogens is 1. The minimum absolute atomic E-state index is 0.300. The number of halogens is 3. The lowest BCUT2D eigenvalue weighted by Gasteiger charge is -2.20. The van der Waals surface area contributed by atoms with Crippen molar-refractivity contribution in [3.8, 4) is 0 Å². The molecule has 4 nitrogen and oxygen atoms in total. The molecule has 0 aliphatic heterocycles. The number of benzene rings is 1. The van der Waals surface area contributed by atoms with Gasteiger partial charge in [-0.1, -0.05) is 18.2 Å². The lowest BCUT2D eigenvalue weighted by molar-refractivity contribution is -0.138. The van der Waals surface area contributed by atoms with Crippen molar-refractivity contribution < 1.29 is 18.0 Å². The molecule has 1 N–H and O–H groups in total. The number of alkyl halides is 3. The van der Waals surface area contributed by atoms with Crippen LogP contribution >= 0.6 is 0 Å². The summed E-state index contributed by atoms with van der Waals surface area (Å²) in [6.45, 7) is 1.36. The van der Waals surface area contributed by atoms with Crippen LogP contribution in [-0.4, -0.2) is 10.5 Å². The number of pyridine rings is 1. The number of rotatable bonds is 4. The van der Waals surface area contributed by atoms with E-state index in [9.17, 15) is 22.8 Å². The molecule has 0 spiro atoms. The molecule has 1 heterocycles. The lowest BCUT2D eigenvalue weighted by Crippen LogP contribution is -2.34. The Bertz CT molecular complexity index is 903. The van der Waals surface area contributed by atoms with E-state index in [4.69, 9.17) is 0 Å². The van der Waals surface area contributed by atoms with Gasteiger partial charge in [0.15, 0.2) is 0 Å². The average Bonchev–Trinajstić information content (AvgIpc) is 2.62. The van der Waals surface area contributed by atoms with Crippen LogP contribution in [0.2, 0.25) is 0 Å². The van der Waals surface area contributed by atoms with Gasteiger partial charge in [0.25, 0.3) is 5.56 Å². The van der Waals surface area contributed by atoms with Crippen LogP contribution in [0.15, 0.2) is 41.3 Å². The summed E-state index contributed by atoms with van der Waals surface area (Å²) in [6.07, 6.45) is 0.520. The fourth-order valence-electron chi connectivity index (χ4n) is 3.37. The summed E-state index contributed by atoms with van der Waals surface area (Å²) in [5, 5.41) is 2.76. The molecule has 7 heteroatoms. The first-order valence-electron chi connectivity index (χ1n) is 8.93. The van der Waals surface area contributed by atoms with Gasteiger partial charge in [-0.2, -0.15) is 13.2 Å². The Labute approximate surface area is 155 Å². The van der Waals surface area contributed by atoms with Gasteiger partial charge >= 0.3 is 6.18 Å². The minimum Gasteiger partial charge on any atom is -0.348 e. The minimum atomic E-state index is -4.57. The first-order chi connectivity index (χ1) is 12.7. The molecule has 0 fully saturated rings. The van der Waals surface area contributed by atoms with Crippen molar-refractivity contribution in [2.75, 3.05) is 0 Å². The third kappa shape index (κ3) is 4.59. The highest BCUT2D eigenvalue weighted by Crippen LogP contribution is 2.28. The van der Waals surface area contributed by atoms with Gasteiger partial charge in [0.1, 0.15) is 6.54 Å². The zero-order chi connectivity index (χ0) is 19.6. The number of carbonyl (C=O) groups excluding carboxylic acids is 1. The first-order valence-corrected chi connectivity index (χ1v) is 8.93. The molecule has 1 atom stereocenters. The van der Waals surface area contributed by atoms with Crippen LogP contribution < -0.4 is 10.9 Å². The van der Waals surface area contributed by atoms with Crippen molar-refractivity contribution in [1.29, 1.82) is 0 Å². The van der Waals surface area contributed by atoms with Crippen LogP contribution in [0.25, 0.3) is 0 Å². The predicted octanol–water partition coefficient (Wildman–Crippen LogP) is 3.62. The molecule has 1 aromatic heterocycles. The van der Waals surface area contributed by atoms with E-state index in [-0.39, 0.29) is 6.04 Å². The maximum absolute atomic E-state index is 12.8. The van der Waals surface area contributed by atoms with Crippen LogP contribution in [-0.2, 0) is 30.4 Å². The molecule has 2 aromatic rings. The van der Waals surface area contributed by atoms with Crippen molar-refractivity contribution in [3.63, 3.8) is 0 Å². The molecule has 1 aliphatic rings. The summed E-state index contributed by atoms with van der Waals surface area (Å²) >= 11 is 0. The number of nitrogens with zero attached hydrogens (tertiary/aromatic N) is 1. The van der Waals surface area contributed by atoms with Crippen molar-refractivity contribution in [1.82, 2.24) is 9.88 Å². The number of nitrogens with one attached hydrogen (secondary N) is 1. The van der Waals surface area contributed by atoms with E-state index in [2.05, 4.69) is 17.4 Å². The largest absolute Gasteiger partial charge is 0.417 e. The number of hydrogen-bond donors (Lipinski definition) is 1. The van der Waals surface area contributed by atoms with Gasteiger partial charge in [-0.3, -0.25) is 9.59 Å². The summed E-state index contributed by atoms with van der Waals surface area (Å²) in [5.41, 5.74) is 1.95. The van der Waals surface area contributed by atoms with E-state index in [1.54, 1.807) is 0 Å². The maximum Gasteiger partial charge on any atom is 0.417 e. The van der Waals surface area contributed by atoms with E-state index in [0.717, 1.165) is 35.5 Å². The quantitative estimate of drug-likeness (QED) is 0.884.